The van der Waals surface area contributed by atoms with Gasteiger partial charge in [0.15, 0.2) is 17.5 Å². The summed E-state index contributed by atoms with van der Waals surface area (Å²) >= 11 is 0. The Kier molecular flexibility index (Phi) is 4.51. The van der Waals surface area contributed by atoms with Crippen molar-refractivity contribution in [1.29, 1.82) is 0 Å². The van der Waals surface area contributed by atoms with E-state index in [-0.39, 0.29) is 11.9 Å². The summed E-state index contributed by atoms with van der Waals surface area (Å²) in [6.45, 7) is 2.90. The number of aryl methyl sites for hydroxylation is 2. The summed E-state index contributed by atoms with van der Waals surface area (Å²) in [5.74, 6) is -1.15. The average Bonchev–Trinajstić information content (AvgIpc) is 2.88. The fourth-order valence-electron chi connectivity index (χ4n) is 3.04. The van der Waals surface area contributed by atoms with E-state index in [2.05, 4.69) is 10.4 Å². The summed E-state index contributed by atoms with van der Waals surface area (Å²) in [7, 11) is 1.81. The number of nitrogens with one attached hydrogen (secondary N) is 1. The number of hydrogen-bond acceptors (Lipinski definition) is 2. The minimum Gasteiger partial charge on any atom is -0.324 e. The number of benzene rings is 1. The number of aromatic nitrogens is 2. The molecule has 0 atom stereocenters. The fourth-order valence-corrected chi connectivity index (χ4v) is 3.04. The van der Waals surface area contributed by atoms with E-state index in [4.69, 9.17) is 0 Å². The van der Waals surface area contributed by atoms with Crippen molar-refractivity contribution in [1.82, 2.24) is 14.7 Å². The SMILES string of the molecule is Cc1cc(NC(=O)N2CCC(c3cccc(F)c3F)CC2)nn1C. The minimum absolute atomic E-state index is 0.0677. The highest BCUT2D eigenvalue weighted by molar-refractivity contribution is 5.88. The minimum atomic E-state index is -0.821. The van der Waals surface area contributed by atoms with Crippen LogP contribution in [0.5, 0.6) is 0 Å². The maximum atomic E-state index is 13.9. The van der Waals surface area contributed by atoms with E-state index in [0.717, 1.165) is 11.8 Å². The summed E-state index contributed by atoms with van der Waals surface area (Å²) in [6.07, 6.45) is 1.21. The lowest BCUT2D eigenvalue weighted by molar-refractivity contribution is 0.194. The molecule has 1 aliphatic heterocycles. The van der Waals surface area contributed by atoms with Gasteiger partial charge in [0.2, 0.25) is 0 Å². The van der Waals surface area contributed by atoms with Crippen molar-refractivity contribution in [3.63, 3.8) is 0 Å². The monoisotopic (exact) mass is 334 g/mol. The molecule has 0 unspecified atom stereocenters. The first kappa shape index (κ1) is 16.4. The van der Waals surface area contributed by atoms with Gasteiger partial charge in [-0.2, -0.15) is 5.10 Å². The average molecular weight is 334 g/mol. The summed E-state index contributed by atoms with van der Waals surface area (Å²) in [4.78, 5) is 14.0. The van der Waals surface area contributed by atoms with E-state index in [0.29, 0.717) is 37.3 Å². The lowest BCUT2D eigenvalue weighted by Gasteiger charge is -2.32. The van der Waals surface area contributed by atoms with Crippen LogP contribution in [0.1, 0.15) is 30.0 Å². The van der Waals surface area contributed by atoms with Crippen LogP contribution in [-0.4, -0.2) is 33.8 Å². The van der Waals surface area contributed by atoms with Gasteiger partial charge in [-0.05, 0) is 37.3 Å². The summed E-state index contributed by atoms with van der Waals surface area (Å²) < 4.78 is 28.9. The number of rotatable bonds is 2. The molecule has 0 spiro atoms. The molecule has 2 amide bonds. The van der Waals surface area contributed by atoms with Crippen LogP contribution >= 0.6 is 0 Å². The molecule has 24 heavy (non-hydrogen) atoms. The number of piperidine rings is 1. The molecule has 1 N–H and O–H groups in total. The maximum Gasteiger partial charge on any atom is 0.323 e. The molecular weight excluding hydrogens is 314 g/mol. The zero-order chi connectivity index (χ0) is 17.3. The molecule has 2 aromatic rings. The van der Waals surface area contributed by atoms with Gasteiger partial charge in [-0.25, -0.2) is 13.6 Å². The van der Waals surface area contributed by atoms with E-state index >= 15 is 0 Å². The Labute approximate surface area is 139 Å². The highest BCUT2D eigenvalue weighted by Crippen LogP contribution is 2.30. The Morgan fingerprint density at radius 3 is 2.62 bits per heavy atom. The molecule has 1 saturated heterocycles. The van der Waals surface area contributed by atoms with Gasteiger partial charge < -0.3 is 4.90 Å². The van der Waals surface area contributed by atoms with E-state index in [1.165, 1.54) is 6.07 Å². The van der Waals surface area contributed by atoms with Crippen LogP contribution in [0.4, 0.5) is 19.4 Å². The molecule has 0 aliphatic carbocycles. The van der Waals surface area contributed by atoms with E-state index in [9.17, 15) is 13.6 Å². The molecule has 0 radical (unpaired) electrons. The zero-order valence-electron chi connectivity index (χ0n) is 13.7. The van der Waals surface area contributed by atoms with Crippen LogP contribution in [-0.2, 0) is 7.05 Å². The Morgan fingerprint density at radius 1 is 1.29 bits per heavy atom. The van der Waals surface area contributed by atoms with Crippen molar-refractivity contribution in [3.8, 4) is 0 Å². The number of urea groups is 1. The highest BCUT2D eigenvalue weighted by atomic mass is 19.2. The number of halogens is 2. The first-order valence-electron chi connectivity index (χ1n) is 7.96. The number of carbonyl (C=O) groups is 1. The predicted molar refractivity (Wildman–Crippen MR) is 86.9 cm³/mol. The van der Waals surface area contributed by atoms with Gasteiger partial charge >= 0.3 is 6.03 Å². The second-order valence-corrected chi connectivity index (χ2v) is 6.13. The molecule has 0 bridgehead atoms. The lowest BCUT2D eigenvalue weighted by Crippen LogP contribution is -2.40. The van der Waals surface area contributed by atoms with Gasteiger partial charge in [0.1, 0.15) is 0 Å². The van der Waals surface area contributed by atoms with Gasteiger partial charge in [0.05, 0.1) is 0 Å². The molecule has 1 aliphatic rings. The number of amides is 2. The van der Waals surface area contributed by atoms with Crippen molar-refractivity contribution in [2.75, 3.05) is 18.4 Å². The smallest absolute Gasteiger partial charge is 0.323 e. The second kappa shape index (κ2) is 6.59. The third kappa shape index (κ3) is 3.25. The van der Waals surface area contributed by atoms with Crippen molar-refractivity contribution in [3.05, 3.63) is 47.2 Å². The van der Waals surface area contributed by atoms with Gasteiger partial charge in [-0.3, -0.25) is 10.00 Å². The number of carbonyl (C=O) groups excluding carboxylic acids is 1. The molecule has 7 heteroatoms. The third-order valence-electron chi connectivity index (χ3n) is 4.55. The third-order valence-corrected chi connectivity index (χ3v) is 4.55. The maximum absolute atomic E-state index is 13.9. The lowest BCUT2D eigenvalue weighted by atomic mass is 9.89. The topological polar surface area (TPSA) is 50.2 Å². The van der Waals surface area contributed by atoms with E-state index in [1.54, 1.807) is 21.7 Å². The molecule has 5 nitrogen and oxygen atoms in total. The van der Waals surface area contributed by atoms with E-state index in [1.807, 2.05) is 14.0 Å². The molecule has 0 saturated carbocycles. The number of hydrogen-bond donors (Lipinski definition) is 1. The van der Waals surface area contributed by atoms with Crippen LogP contribution in [0.3, 0.4) is 0 Å². The molecule has 3 rings (SSSR count). The standard InChI is InChI=1S/C17H20F2N4O/c1-11-10-15(21-22(11)2)20-17(24)23-8-6-12(7-9-23)13-4-3-5-14(18)16(13)19/h3-5,10,12H,6-9H2,1-2H3,(H,20,21,24). The molecule has 2 heterocycles. The first-order valence-corrected chi connectivity index (χ1v) is 7.96. The largest absolute Gasteiger partial charge is 0.324 e. The van der Waals surface area contributed by atoms with Crippen LogP contribution in [0, 0.1) is 18.6 Å². The molecular formula is C17H20F2N4O. The number of likely N-dealkylation sites (tertiary alicyclic amines) is 1. The molecule has 128 valence electrons. The van der Waals surface area contributed by atoms with Crippen molar-refractivity contribution < 1.29 is 13.6 Å². The first-order chi connectivity index (χ1) is 11.5. The van der Waals surface area contributed by atoms with Gasteiger partial charge in [0.25, 0.3) is 0 Å². The van der Waals surface area contributed by atoms with Crippen LogP contribution in [0.25, 0.3) is 0 Å². The number of nitrogens with zero attached hydrogens (tertiary/aromatic N) is 3. The Bertz CT molecular complexity index is 732. The van der Waals surface area contributed by atoms with Crippen LogP contribution in [0.2, 0.25) is 0 Å². The highest BCUT2D eigenvalue weighted by Gasteiger charge is 2.26. The Balaban J connectivity index is 1.60. The van der Waals surface area contributed by atoms with Gasteiger partial charge in [-0.1, -0.05) is 12.1 Å². The van der Waals surface area contributed by atoms with Gasteiger partial charge in [0, 0.05) is 31.9 Å². The van der Waals surface area contributed by atoms with Crippen LogP contribution < -0.4 is 5.32 Å². The van der Waals surface area contributed by atoms with Crippen molar-refractivity contribution in [2.24, 2.45) is 7.05 Å². The predicted octanol–water partition coefficient (Wildman–Crippen LogP) is 3.42. The van der Waals surface area contributed by atoms with Gasteiger partial charge in [-0.15, -0.1) is 0 Å². The normalized spacial score (nSPS) is 15.6. The van der Waals surface area contributed by atoms with E-state index < -0.39 is 11.6 Å². The molecule has 1 aromatic carbocycles. The Hall–Kier alpha value is -2.44. The van der Waals surface area contributed by atoms with Crippen LogP contribution in [0.15, 0.2) is 24.3 Å². The van der Waals surface area contributed by atoms with Crippen molar-refractivity contribution >= 4 is 11.8 Å². The summed E-state index contributed by atoms with van der Waals surface area (Å²) in [5.41, 5.74) is 1.35. The quantitative estimate of drug-likeness (QED) is 0.915. The second-order valence-electron chi connectivity index (χ2n) is 6.13. The van der Waals surface area contributed by atoms with Crippen molar-refractivity contribution in [2.45, 2.75) is 25.7 Å². The molecule has 1 fully saturated rings. The Morgan fingerprint density at radius 2 is 2.00 bits per heavy atom. The summed E-state index contributed by atoms with van der Waals surface area (Å²) in [6, 6.07) is 5.85. The number of anilines is 1. The summed E-state index contributed by atoms with van der Waals surface area (Å²) in [5, 5.41) is 6.97. The molecule has 1 aromatic heterocycles. The fraction of sp³-hybridized carbons (Fsp3) is 0.412. The zero-order valence-corrected chi connectivity index (χ0v) is 13.7.